The highest BCUT2D eigenvalue weighted by atomic mass is 16.5. The maximum atomic E-state index is 13.1. The summed E-state index contributed by atoms with van der Waals surface area (Å²) in [5.74, 6) is 0.274. The predicted octanol–water partition coefficient (Wildman–Crippen LogP) is 2.35. The van der Waals surface area contributed by atoms with Crippen LogP contribution in [0, 0.1) is 6.92 Å². The molecule has 0 aromatic carbocycles. The number of aliphatic hydroxyl groups is 1. The van der Waals surface area contributed by atoms with Gasteiger partial charge >= 0.3 is 0 Å². The van der Waals surface area contributed by atoms with Gasteiger partial charge in [0, 0.05) is 63.3 Å². The van der Waals surface area contributed by atoms with Gasteiger partial charge in [0.25, 0.3) is 5.91 Å². The van der Waals surface area contributed by atoms with Crippen LogP contribution >= 0.6 is 0 Å². The zero-order valence-electron chi connectivity index (χ0n) is 22.9. The average Bonchev–Trinajstić information content (AvgIpc) is 2.94. The minimum Gasteiger partial charge on any atom is -0.381 e. The van der Waals surface area contributed by atoms with E-state index in [1.807, 2.05) is 19.1 Å². The SMILES string of the molecule is CC(=O)N(c1c(C)cnc2ccc(-c3cnc(N4CCOCC4)nc3)nc12)C1CCN(C(=O)C(C)(C)O)CC1. The number of morpholine rings is 1. The molecule has 11 nitrogen and oxygen atoms in total. The van der Waals surface area contributed by atoms with Crippen LogP contribution in [0.2, 0.25) is 0 Å². The molecule has 206 valence electrons. The molecular weight excluding hydrogens is 498 g/mol. The summed E-state index contributed by atoms with van der Waals surface area (Å²) in [5.41, 5.74) is 2.94. The predicted molar refractivity (Wildman–Crippen MR) is 147 cm³/mol. The average molecular weight is 534 g/mol. The molecule has 39 heavy (non-hydrogen) atoms. The number of carbonyl (C=O) groups excluding carboxylic acids is 2. The van der Waals surface area contributed by atoms with E-state index < -0.39 is 5.60 Å². The van der Waals surface area contributed by atoms with Crippen molar-refractivity contribution >= 4 is 34.5 Å². The first-order chi connectivity index (χ1) is 18.6. The summed E-state index contributed by atoms with van der Waals surface area (Å²) in [4.78, 5) is 49.9. The highest BCUT2D eigenvalue weighted by molar-refractivity contribution is 6.02. The number of likely N-dealkylation sites (tertiary alicyclic amines) is 1. The number of carbonyl (C=O) groups is 2. The Labute approximate surface area is 227 Å². The van der Waals surface area contributed by atoms with Crippen LogP contribution in [-0.2, 0) is 14.3 Å². The number of hydrogen-bond donors (Lipinski definition) is 1. The summed E-state index contributed by atoms with van der Waals surface area (Å²) in [5, 5.41) is 10.1. The summed E-state index contributed by atoms with van der Waals surface area (Å²) < 4.78 is 5.42. The number of hydrogen-bond acceptors (Lipinski definition) is 9. The molecule has 2 fully saturated rings. The van der Waals surface area contributed by atoms with E-state index in [1.54, 1.807) is 35.3 Å². The third-order valence-corrected chi connectivity index (χ3v) is 7.32. The number of fused-ring (bicyclic) bond motifs is 1. The second kappa shape index (κ2) is 10.8. The van der Waals surface area contributed by atoms with Gasteiger partial charge in [-0.3, -0.25) is 14.6 Å². The minimum atomic E-state index is -1.42. The summed E-state index contributed by atoms with van der Waals surface area (Å²) in [6, 6.07) is 3.68. The molecule has 1 N–H and O–H groups in total. The molecule has 2 amide bonds. The largest absolute Gasteiger partial charge is 0.381 e. The number of aromatic nitrogens is 4. The Morgan fingerprint density at radius 2 is 1.69 bits per heavy atom. The normalized spacial score (nSPS) is 16.9. The Balaban J connectivity index is 1.45. The van der Waals surface area contributed by atoms with Crippen molar-refractivity contribution in [1.29, 1.82) is 0 Å². The van der Waals surface area contributed by atoms with Gasteiger partial charge in [0.1, 0.15) is 11.1 Å². The van der Waals surface area contributed by atoms with Gasteiger partial charge in [-0.05, 0) is 51.3 Å². The van der Waals surface area contributed by atoms with E-state index in [4.69, 9.17) is 9.72 Å². The Morgan fingerprint density at radius 1 is 1.03 bits per heavy atom. The lowest BCUT2D eigenvalue weighted by molar-refractivity contribution is -0.148. The van der Waals surface area contributed by atoms with E-state index in [9.17, 15) is 14.7 Å². The second-order valence-electron chi connectivity index (χ2n) is 10.7. The van der Waals surface area contributed by atoms with Crippen LogP contribution in [0.25, 0.3) is 22.3 Å². The van der Waals surface area contributed by atoms with E-state index in [0.717, 1.165) is 29.9 Å². The quantitative estimate of drug-likeness (QED) is 0.526. The number of amides is 2. The van der Waals surface area contributed by atoms with Crippen LogP contribution in [0.4, 0.5) is 11.6 Å². The van der Waals surface area contributed by atoms with Crippen LogP contribution in [0.3, 0.4) is 0 Å². The van der Waals surface area contributed by atoms with Gasteiger partial charge in [-0.2, -0.15) is 0 Å². The smallest absolute Gasteiger partial charge is 0.253 e. The molecule has 11 heteroatoms. The molecule has 0 bridgehead atoms. The van der Waals surface area contributed by atoms with Crippen molar-refractivity contribution in [1.82, 2.24) is 24.8 Å². The van der Waals surface area contributed by atoms with Crippen molar-refractivity contribution in [3.8, 4) is 11.3 Å². The summed E-state index contributed by atoms with van der Waals surface area (Å²) >= 11 is 0. The molecule has 0 spiro atoms. The third-order valence-electron chi connectivity index (χ3n) is 7.32. The highest BCUT2D eigenvalue weighted by Gasteiger charge is 2.35. The fourth-order valence-corrected chi connectivity index (χ4v) is 5.30. The Hall–Kier alpha value is -3.70. The monoisotopic (exact) mass is 533 g/mol. The summed E-state index contributed by atoms with van der Waals surface area (Å²) in [6.45, 7) is 10.3. The van der Waals surface area contributed by atoms with Crippen molar-refractivity contribution in [2.24, 2.45) is 0 Å². The van der Waals surface area contributed by atoms with Gasteiger partial charge < -0.3 is 24.5 Å². The lowest BCUT2D eigenvalue weighted by atomic mass is 9.98. The van der Waals surface area contributed by atoms with Gasteiger partial charge in [0.2, 0.25) is 11.9 Å². The van der Waals surface area contributed by atoms with Gasteiger partial charge in [0.05, 0.1) is 30.1 Å². The molecule has 2 aliphatic rings. The van der Waals surface area contributed by atoms with Crippen molar-refractivity contribution in [2.75, 3.05) is 49.2 Å². The van der Waals surface area contributed by atoms with Crippen molar-refractivity contribution in [3.05, 3.63) is 36.3 Å². The maximum Gasteiger partial charge on any atom is 0.253 e. The maximum absolute atomic E-state index is 13.1. The molecule has 0 aliphatic carbocycles. The number of nitrogens with zero attached hydrogens (tertiary/aromatic N) is 7. The molecule has 0 atom stereocenters. The standard InChI is InChI=1S/C28H35N7O4/c1-18-15-29-23-6-5-22(20-16-30-27(31-17-20)34-11-13-39-14-12-34)32-24(23)25(18)35(19(2)36)21-7-9-33(10-8-21)26(37)28(3,4)38/h5-6,15-17,21,38H,7-14H2,1-4H3. The zero-order chi connectivity index (χ0) is 27.7. The topological polar surface area (TPSA) is 125 Å². The lowest BCUT2D eigenvalue weighted by Gasteiger charge is -2.40. The molecule has 2 saturated heterocycles. The molecule has 3 aromatic heterocycles. The molecule has 3 aromatic rings. The molecule has 5 rings (SSSR count). The fourth-order valence-electron chi connectivity index (χ4n) is 5.30. The molecule has 0 unspecified atom stereocenters. The second-order valence-corrected chi connectivity index (χ2v) is 10.7. The van der Waals surface area contributed by atoms with Gasteiger partial charge in [0.15, 0.2) is 0 Å². The van der Waals surface area contributed by atoms with Crippen LogP contribution in [-0.4, -0.2) is 92.8 Å². The number of pyridine rings is 2. The third kappa shape index (κ3) is 5.55. The highest BCUT2D eigenvalue weighted by Crippen LogP contribution is 2.34. The van der Waals surface area contributed by atoms with E-state index in [0.29, 0.717) is 61.8 Å². The van der Waals surface area contributed by atoms with Crippen molar-refractivity contribution in [3.63, 3.8) is 0 Å². The van der Waals surface area contributed by atoms with Crippen LogP contribution in [0.15, 0.2) is 30.7 Å². The van der Waals surface area contributed by atoms with E-state index >= 15 is 0 Å². The molecular formula is C28H35N7O4. The lowest BCUT2D eigenvalue weighted by Crippen LogP contribution is -2.52. The Kier molecular flexibility index (Phi) is 7.46. The first-order valence-electron chi connectivity index (χ1n) is 13.4. The van der Waals surface area contributed by atoms with Gasteiger partial charge in [-0.25, -0.2) is 15.0 Å². The fraction of sp³-hybridized carbons (Fsp3) is 0.500. The van der Waals surface area contributed by atoms with Gasteiger partial charge in [-0.15, -0.1) is 0 Å². The van der Waals surface area contributed by atoms with Crippen LogP contribution < -0.4 is 9.80 Å². The number of rotatable bonds is 5. The van der Waals surface area contributed by atoms with Crippen LogP contribution in [0.1, 0.15) is 39.2 Å². The molecule has 0 saturated carbocycles. The van der Waals surface area contributed by atoms with Crippen molar-refractivity contribution in [2.45, 2.75) is 52.2 Å². The first-order valence-corrected chi connectivity index (χ1v) is 13.4. The Bertz CT molecular complexity index is 1360. The number of aryl methyl sites for hydroxylation is 1. The Morgan fingerprint density at radius 3 is 2.31 bits per heavy atom. The first kappa shape index (κ1) is 26.9. The molecule has 5 heterocycles. The van der Waals surface area contributed by atoms with E-state index in [-0.39, 0.29) is 17.9 Å². The summed E-state index contributed by atoms with van der Waals surface area (Å²) in [6.07, 6.45) is 6.50. The number of ether oxygens (including phenoxy) is 1. The molecule has 2 aliphatic heterocycles. The number of piperidine rings is 1. The minimum absolute atomic E-state index is 0.0942. The van der Waals surface area contributed by atoms with Crippen LogP contribution in [0.5, 0.6) is 0 Å². The molecule has 0 radical (unpaired) electrons. The van der Waals surface area contributed by atoms with Gasteiger partial charge in [-0.1, -0.05) is 0 Å². The van der Waals surface area contributed by atoms with E-state index in [1.165, 1.54) is 13.8 Å². The van der Waals surface area contributed by atoms with E-state index in [2.05, 4.69) is 19.9 Å². The van der Waals surface area contributed by atoms with Crippen molar-refractivity contribution < 1.29 is 19.4 Å². The number of anilines is 2. The summed E-state index contributed by atoms with van der Waals surface area (Å²) in [7, 11) is 0. The zero-order valence-corrected chi connectivity index (χ0v) is 22.9.